The third kappa shape index (κ3) is 5.62. The SMILES string of the molecule is C1=CC(c2cc(C3C=NC=CC3)cc(-n3c4c(c5cc(C6=CC7C8=C(C=CCC8)N(C8C=C9C(CC8)OC8CCC=CC98)C7C=C6)ccc53)CCC=C4)c2)=CCC1. The highest BCUT2D eigenvalue weighted by Crippen LogP contribution is 2.49. The molecule has 1 fully saturated rings. The van der Waals surface area contributed by atoms with E-state index in [0.717, 1.165) is 70.6 Å². The van der Waals surface area contributed by atoms with E-state index in [4.69, 9.17) is 4.74 Å². The fourth-order valence-electron chi connectivity index (χ4n) is 11.7. The monoisotopic (exact) mass is 745 g/mol. The summed E-state index contributed by atoms with van der Waals surface area (Å²) in [4.78, 5) is 7.35. The van der Waals surface area contributed by atoms with Gasteiger partial charge in [-0.3, -0.25) is 4.99 Å². The Bertz CT molecular complexity index is 2540. The van der Waals surface area contributed by atoms with Crippen molar-refractivity contribution in [1.82, 2.24) is 9.47 Å². The zero-order valence-corrected chi connectivity index (χ0v) is 32.8. The summed E-state index contributed by atoms with van der Waals surface area (Å²) in [5.41, 5.74) is 16.7. The molecule has 1 saturated heterocycles. The molecule has 3 aromatic rings. The van der Waals surface area contributed by atoms with Crippen LogP contribution < -0.4 is 0 Å². The Kier molecular flexibility index (Phi) is 8.17. The van der Waals surface area contributed by atoms with Crippen LogP contribution in [0.4, 0.5) is 0 Å². The Hall–Kier alpha value is -5.19. The Morgan fingerprint density at radius 2 is 1.67 bits per heavy atom. The molecule has 57 heavy (non-hydrogen) atoms. The van der Waals surface area contributed by atoms with Crippen LogP contribution >= 0.6 is 0 Å². The van der Waals surface area contributed by atoms with Gasteiger partial charge in [0.05, 0.1) is 23.8 Å². The number of hydrogen-bond donors (Lipinski definition) is 0. The lowest BCUT2D eigenvalue weighted by Crippen LogP contribution is -2.42. The summed E-state index contributed by atoms with van der Waals surface area (Å²) in [5, 5.41) is 1.39. The van der Waals surface area contributed by atoms with Crippen molar-refractivity contribution >= 4 is 34.3 Å². The second-order valence-electron chi connectivity index (χ2n) is 17.6. The second kappa shape index (κ2) is 13.7. The summed E-state index contributed by atoms with van der Waals surface area (Å²) in [6.07, 6.45) is 50.9. The lowest BCUT2D eigenvalue weighted by atomic mass is 9.81. The number of fused-ring (bicyclic) bond motifs is 8. The van der Waals surface area contributed by atoms with Crippen LogP contribution in [0.15, 0.2) is 143 Å². The van der Waals surface area contributed by atoms with Crippen molar-refractivity contribution in [2.75, 3.05) is 0 Å². The first kappa shape index (κ1) is 33.9. The standard InChI is InChI=1S/C53H51N3O/c1-2-11-34(12-3-1)38-27-39(37-13-10-26-54-33-37)29-41(28-38)56-49-18-8-5-15-43(49)46-31-36(21-24-51(46)56)35-20-23-50-45(30-35)42-14-4-7-17-48(42)55(50)40-22-25-53-47(32-40)44-16-6-9-19-52(44)57-53/h2,6-8,10-12,16-18,20-21,23-24,26-33,37,40,44-45,50,52-53H,1,3-5,9,13-15,19,22,25H2. The molecule has 0 bridgehead atoms. The number of aromatic nitrogens is 1. The van der Waals surface area contributed by atoms with Crippen molar-refractivity contribution in [3.63, 3.8) is 0 Å². The number of aliphatic imine (C=N–C) groups is 1. The number of aryl methyl sites for hydroxylation is 1. The van der Waals surface area contributed by atoms with Crippen molar-refractivity contribution in [2.24, 2.45) is 16.8 Å². The molecule has 4 nitrogen and oxygen atoms in total. The minimum absolute atomic E-state index is 0.280. The summed E-state index contributed by atoms with van der Waals surface area (Å²) in [6.45, 7) is 0. The molecule has 0 saturated carbocycles. The maximum Gasteiger partial charge on any atom is 0.0797 e. The van der Waals surface area contributed by atoms with E-state index in [9.17, 15) is 0 Å². The maximum absolute atomic E-state index is 6.60. The molecule has 4 heterocycles. The summed E-state index contributed by atoms with van der Waals surface area (Å²) in [6, 6.07) is 15.3. The molecule has 3 aliphatic heterocycles. The van der Waals surface area contributed by atoms with Gasteiger partial charge in [-0.15, -0.1) is 0 Å². The molecule has 9 aliphatic rings. The smallest absolute Gasteiger partial charge is 0.0797 e. The number of rotatable bonds is 5. The molecule has 4 heteroatoms. The van der Waals surface area contributed by atoms with Crippen LogP contribution in [0.3, 0.4) is 0 Å². The van der Waals surface area contributed by atoms with E-state index in [1.165, 1.54) is 61.4 Å². The van der Waals surface area contributed by atoms with E-state index in [0.29, 0.717) is 36.1 Å². The minimum Gasteiger partial charge on any atom is -0.370 e. The van der Waals surface area contributed by atoms with Gasteiger partial charge in [0.2, 0.25) is 0 Å². The first-order chi connectivity index (χ1) is 28.2. The van der Waals surface area contributed by atoms with Crippen LogP contribution in [0.25, 0.3) is 33.8 Å². The molecule has 284 valence electrons. The molecule has 6 aliphatic carbocycles. The van der Waals surface area contributed by atoms with Gasteiger partial charge in [0.25, 0.3) is 0 Å². The van der Waals surface area contributed by atoms with Gasteiger partial charge in [0, 0.05) is 58.7 Å². The molecule has 7 unspecified atom stereocenters. The van der Waals surface area contributed by atoms with Crippen LogP contribution in [0, 0.1) is 11.8 Å². The summed E-state index contributed by atoms with van der Waals surface area (Å²) in [7, 11) is 0. The highest BCUT2D eigenvalue weighted by molar-refractivity contribution is 5.94. The van der Waals surface area contributed by atoms with Crippen molar-refractivity contribution in [1.29, 1.82) is 0 Å². The number of hydrogen-bond acceptors (Lipinski definition) is 3. The van der Waals surface area contributed by atoms with Crippen LogP contribution in [-0.4, -0.2) is 40.0 Å². The molecule has 0 N–H and O–H groups in total. The number of allylic oxidation sites excluding steroid dienone is 11. The topological polar surface area (TPSA) is 29.8 Å². The highest BCUT2D eigenvalue weighted by Gasteiger charge is 2.46. The van der Waals surface area contributed by atoms with Crippen molar-refractivity contribution < 1.29 is 4.74 Å². The molecular formula is C53H51N3O. The van der Waals surface area contributed by atoms with E-state index < -0.39 is 0 Å². The summed E-state index contributed by atoms with van der Waals surface area (Å²) < 4.78 is 9.15. The molecule has 0 spiro atoms. The van der Waals surface area contributed by atoms with Crippen LogP contribution in [-0.2, 0) is 11.2 Å². The average Bonchev–Trinajstić information content (AvgIpc) is 3.94. The second-order valence-corrected chi connectivity index (χ2v) is 17.6. The van der Waals surface area contributed by atoms with Gasteiger partial charge < -0.3 is 14.2 Å². The minimum atomic E-state index is 0.280. The van der Waals surface area contributed by atoms with Crippen LogP contribution in [0.5, 0.6) is 0 Å². The van der Waals surface area contributed by atoms with E-state index in [1.807, 2.05) is 6.20 Å². The van der Waals surface area contributed by atoms with Gasteiger partial charge >= 0.3 is 0 Å². The fraction of sp³-hybridized carbons (Fsp3) is 0.340. The highest BCUT2D eigenvalue weighted by atomic mass is 16.5. The normalized spacial score (nSPS) is 30.6. The molecule has 7 atom stereocenters. The Labute approximate surface area is 337 Å². The van der Waals surface area contributed by atoms with E-state index in [2.05, 4.69) is 142 Å². The predicted octanol–water partition coefficient (Wildman–Crippen LogP) is 12.1. The van der Waals surface area contributed by atoms with E-state index >= 15 is 0 Å². The third-order valence-corrected chi connectivity index (χ3v) is 14.4. The molecule has 0 radical (unpaired) electrons. The molecule has 0 amide bonds. The molecule has 1 aromatic heterocycles. The maximum atomic E-state index is 6.60. The van der Waals surface area contributed by atoms with Crippen molar-refractivity contribution in [3.05, 3.63) is 166 Å². The number of ether oxygens (including phenoxy) is 1. The average molecular weight is 746 g/mol. The summed E-state index contributed by atoms with van der Waals surface area (Å²) >= 11 is 0. The lowest BCUT2D eigenvalue weighted by Gasteiger charge is -2.39. The zero-order chi connectivity index (χ0) is 37.5. The van der Waals surface area contributed by atoms with Gasteiger partial charge in [0.15, 0.2) is 0 Å². The van der Waals surface area contributed by atoms with Gasteiger partial charge in [-0.25, -0.2) is 0 Å². The zero-order valence-electron chi connectivity index (χ0n) is 32.8. The van der Waals surface area contributed by atoms with Crippen molar-refractivity contribution in [3.8, 4) is 5.69 Å². The van der Waals surface area contributed by atoms with Gasteiger partial charge in [-0.2, -0.15) is 0 Å². The predicted molar refractivity (Wildman–Crippen MR) is 235 cm³/mol. The van der Waals surface area contributed by atoms with Crippen molar-refractivity contribution in [2.45, 2.75) is 101 Å². The molecule has 12 rings (SSSR count). The third-order valence-electron chi connectivity index (χ3n) is 14.4. The Morgan fingerprint density at radius 1 is 0.719 bits per heavy atom. The Morgan fingerprint density at radius 3 is 2.60 bits per heavy atom. The van der Waals surface area contributed by atoms with Crippen LogP contribution in [0.1, 0.15) is 98.1 Å². The fourth-order valence-corrected chi connectivity index (χ4v) is 11.7. The van der Waals surface area contributed by atoms with Gasteiger partial charge in [-0.1, -0.05) is 85.0 Å². The Balaban J connectivity index is 0.919. The quantitative estimate of drug-likeness (QED) is 0.243. The molecular weight excluding hydrogens is 695 g/mol. The number of nitrogens with zero attached hydrogens (tertiary/aromatic N) is 3. The van der Waals surface area contributed by atoms with E-state index in [-0.39, 0.29) is 5.92 Å². The van der Waals surface area contributed by atoms with E-state index in [1.54, 1.807) is 11.1 Å². The van der Waals surface area contributed by atoms with Gasteiger partial charge in [0.1, 0.15) is 0 Å². The summed E-state index contributed by atoms with van der Waals surface area (Å²) in [5.74, 6) is 1.16. The van der Waals surface area contributed by atoms with Gasteiger partial charge in [-0.05, 0) is 152 Å². The lowest BCUT2D eigenvalue weighted by molar-refractivity contribution is 0.0278. The van der Waals surface area contributed by atoms with Crippen LogP contribution in [0.2, 0.25) is 0 Å². The first-order valence-corrected chi connectivity index (χ1v) is 21.9. The number of benzene rings is 2. The first-order valence-electron chi connectivity index (χ1n) is 21.9. The molecule has 2 aromatic carbocycles. The largest absolute Gasteiger partial charge is 0.370 e.